The van der Waals surface area contributed by atoms with Gasteiger partial charge in [-0.1, -0.05) is 182 Å². The molecule has 296 valence electrons. The van der Waals surface area contributed by atoms with E-state index in [4.69, 9.17) is 21.5 Å². The average molecular weight is 806 g/mol. The van der Waals surface area contributed by atoms with Crippen LogP contribution in [0.3, 0.4) is 0 Å². The summed E-state index contributed by atoms with van der Waals surface area (Å²) in [5.41, 5.74) is 14.5. The molecular formula is C58H39N5. The maximum absolute atomic E-state index is 7.68. The van der Waals surface area contributed by atoms with Gasteiger partial charge in [-0.25, -0.2) is 19.8 Å². The van der Waals surface area contributed by atoms with Crippen LogP contribution in [-0.4, -0.2) is 15.0 Å². The highest BCUT2D eigenvalue weighted by molar-refractivity contribution is 6.00. The molecule has 0 radical (unpaired) electrons. The fourth-order valence-corrected chi connectivity index (χ4v) is 8.04. The first kappa shape index (κ1) is 38.5. The molecule has 0 fully saturated rings. The minimum Gasteiger partial charge on any atom is -0.309 e. The number of hydrogen-bond donors (Lipinski definition) is 0. The fraction of sp³-hybridized carbons (Fsp3) is 0. The summed E-state index contributed by atoms with van der Waals surface area (Å²) in [6, 6.07) is 81.2. The van der Waals surface area contributed by atoms with E-state index in [2.05, 4.69) is 161 Å². The summed E-state index contributed by atoms with van der Waals surface area (Å²) in [7, 11) is 0. The van der Waals surface area contributed by atoms with Gasteiger partial charge in [-0.05, 0) is 88.0 Å². The first-order valence-electron chi connectivity index (χ1n) is 20.9. The Balaban J connectivity index is 1.26. The summed E-state index contributed by atoms with van der Waals surface area (Å²) in [5, 5.41) is 0. The van der Waals surface area contributed by atoms with Gasteiger partial charge in [0.1, 0.15) is 0 Å². The molecule has 10 rings (SSSR count). The van der Waals surface area contributed by atoms with Crippen LogP contribution < -0.4 is 4.90 Å². The molecule has 0 aliphatic rings. The van der Waals surface area contributed by atoms with Crippen molar-refractivity contribution in [3.63, 3.8) is 0 Å². The van der Waals surface area contributed by atoms with E-state index in [9.17, 15) is 0 Å². The lowest BCUT2D eigenvalue weighted by molar-refractivity contribution is 1.07. The Labute approximate surface area is 367 Å². The third-order valence-electron chi connectivity index (χ3n) is 11.1. The van der Waals surface area contributed by atoms with Crippen LogP contribution in [0.2, 0.25) is 0 Å². The minimum atomic E-state index is 0.554. The van der Waals surface area contributed by atoms with Crippen LogP contribution >= 0.6 is 0 Å². The zero-order chi connectivity index (χ0) is 42.4. The summed E-state index contributed by atoms with van der Waals surface area (Å²) in [6.07, 6.45) is 0. The molecule has 0 bridgehead atoms. The third-order valence-corrected chi connectivity index (χ3v) is 11.1. The molecule has 0 unspecified atom stereocenters. The molecule has 0 saturated heterocycles. The number of hydrogen-bond acceptors (Lipinski definition) is 4. The van der Waals surface area contributed by atoms with E-state index < -0.39 is 0 Å². The van der Waals surface area contributed by atoms with Crippen molar-refractivity contribution in [2.45, 2.75) is 0 Å². The van der Waals surface area contributed by atoms with Gasteiger partial charge >= 0.3 is 0 Å². The Hall–Kier alpha value is -8.72. The molecule has 0 N–H and O–H groups in total. The van der Waals surface area contributed by atoms with Gasteiger partial charge in [-0.2, -0.15) is 0 Å². The number of anilines is 3. The van der Waals surface area contributed by atoms with Crippen LogP contribution in [0, 0.1) is 6.57 Å². The largest absolute Gasteiger partial charge is 0.309 e. The number of nitrogens with zero attached hydrogens (tertiary/aromatic N) is 5. The molecule has 0 saturated carbocycles. The van der Waals surface area contributed by atoms with Gasteiger partial charge < -0.3 is 4.90 Å². The van der Waals surface area contributed by atoms with Crippen molar-refractivity contribution >= 4 is 22.7 Å². The molecule has 0 aliphatic heterocycles. The third kappa shape index (κ3) is 8.13. The van der Waals surface area contributed by atoms with Crippen LogP contribution in [-0.2, 0) is 0 Å². The number of aromatic nitrogens is 3. The maximum atomic E-state index is 7.68. The lowest BCUT2D eigenvalue weighted by Gasteiger charge is -2.31. The molecule has 5 nitrogen and oxygen atoms in total. The second-order valence-electron chi connectivity index (χ2n) is 15.2. The summed E-state index contributed by atoms with van der Waals surface area (Å²) in [6.45, 7) is 7.68. The predicted octanol–water partition coefficient (Wildman–Crippen LogP) is 15.6. The van der Waals surface area contributed by atoms with Crippen molar-refractivity contribution in [2.24, 2.45) is 0 Å². The monoisotopic (exact) mass is 805 g/mol. The Bertz CT molecular complexity index is 3070. The zero-order valence-corrected chi connectivity index (χ0v) is 34.3. The highest BCUT2D eigenvalue weighted by Gasteiger charge is 2.25. The van der Waals surface area contributed by atoms with Crippen molar-refractivity contribution in [1.82, 2.24) is 15.0 Å². The smallest absolute Gasteiger partial charge is 0.187 e. The number of rotatable bonds is 10. The molecule has 5 heteroatoms. The number of benzene rings is 9. The molecule has 0 atom stereocenters. The van der Waals surface area contributed by atoms with E-state index in [1.54, 1.807) is 0 Å². The lowest BCUT2D eigenvalue weighted by atomic mass is 9.91. The first-order chi connectivity index (χ1) is 31.2. The van der Waals surface area contributed by atoms with Crippen LogP contribution in [0.25, 0.3) is 83.5 Å². The highest BCUT2D eigenvalue weighted by atomic mass is 15.1. The van der Waals surface area contributed by atoms with E-state index in [1.165, 1.54) is 0 Å². The Morgan fingerprint density at radius 2 is 0.635 bits per heavy atom. The minimum absolute atomic E-state index is 0.554. The molecule has 1 heterocycles. The molecule has 0 spiro atoms. The molecule has 63 heavy (non-hydrogen) atoms. The summed E-state index contributed by atoms with van der Waals surface area (Å²) in [5.74, 6) is 1.71. The Morgan fingerprint density at radius 3 is 1.06 bits per heavy atom. The summed E-state index contributed by atoms with van der Waals surface area (Å²) in [4.78, 5) is 21.9. The van der Waals surface area contributed by atoms with Gasteiger partial charge in [0.25, 0.3) is 0 Å². The van der Waals surface area contributed by atoms with E-state index in [0.29, 0.717) is 23.2 Å². The van der Waals surface area contributed by atoms with Crippen LogP contribution in [0.1, 0.15) is 0 Å². The molecule has 0 amide bonds. The second kappa shape index (κ2) is 17.5. The van der Waals surface area contributed by atoms with Gasteiger partial charge in [-0.3, -0.25) is 0 Å². The Morgan fingerprint density at radius 1 is 0.302 bits per heavy atom. The van der Waals surface area contributed by atoms with Crippen molar-refractivity contribution in [2.75, 3.05) is 4.90 Å². The van der Waals surface area contributed by atoms with Gasteiger partial charge in [0, 0.05) is 39.2 Å². The molecule has 10 aromatic rings. The normalized spacial score (nSPS) is 10.8. The van der Waals surface area contributed by atoms with E-state index in [0.717, 1.165) is 78.3 Å². The quantitative estimate of drug-likeness (QED) is 0.129. The molecular weight excluding hydrogens is 767 g/mol. The van der Waals surface area contributed by atoms with Gasteiger partial charge in [0.05, 0.1) is 12.3 Å². The Kier molecular flexibility index (Phi) is 10.7. The van der Waals surface area contributed by atoms with E-state index in [-0.39, 0.29) is 0 Å². The van der Waals surface area contributed by atoms with Gasteiger partial charge in [-0.15, -0.1) is 0 Å². The highest BCUT2D eigenvalue weighted by Crippen LogP contribution is 2.49. The van der Waals surface area contributed by atoms with Crippen LogP contribution in [0.4, 0.5) is 22.7 Å². The van der Waals surface area contributed by atoms with Crippen LogP contribution in [0.5, 0.6) is 0 Å². The molecule has 9 aromatic carbocycles. The molecule has 1 aromatic heterocycles. The summed E-state index contributed by atoms with van der Waals surface area (Å²) >= 11 is 0. The number of para-hydroxylation sites is 1. The average Bonchev–Trinajstić information content (AvgIpc) is 3.38. The van der Waals surface area contributed by atoms with Crippen molar-refractivity contribution in [1.29, 1.82) is 0 Å². The van der Waals surface area contributed by atoms with Gasteiger partial charge in [0.15, 0.2) is 23.2 Å². The maximum Gasteiger partial charge on any atom is 0.187 e. The SMILES string of the molecule is [C-]#[N+]c1ccc(N(c2ccccc2)c2c(-c3ccccc3)cc(-c3nc(-c4ccccc4)nc(-c4cc(-c5ccccc5)cc(-c5ccccc5)c4)n3)cc2-c2ccccc2)cc1. The standard InChI is InChI=1S/C58H39N5/c1-59-50-32-34-52(35-33-50)63(51-30-18-7-19-31-51)55-53(43-24-12-4-13-25-43)39-49(40-54(55)44-26-14-5-15-27-44)58-61-56(45-28-16-6-17-29-45)60-57(62-58)48-37-46(41-20-8-2-9-21-41)36-47(38-48)42-22-10-3-11-23-42/h2-40H. The van der Waals surface area contributed by atoms with Crippen molar-refractivity contribution in [3.05, 3.63) is 248 Å². The van der Waals surface area contributed by atoms with Crippen molar-refractivity contribution in [3.8, 4) is 78.7 Å². The van der Waals surface area contributed by atoms with Crippen molar-refractivity contribution < 1.29 is 0 Å². The van der Waals surface area contributed by atoms with Gasteiger partial charge in [0.2, 0.25) is 0 Å². The topological polar surface area (TPSA) is 46.3 Å². The first-order valence-corrected chi connectivity index (χ1v) is 20.9. The zero-order valence-electron chi connectivity index (χ0n) is 34.3. The predicted molar refractivity (Wildman–Crippen MR) is 259 cm³/mol. The lowest BCUT2D eigenvalue weighted by Crippen LogP contribution is -2.13. The molecule has 0 aliphatic carbocycles. The van der Waals surface area contributed by atoms with Crippen LogP contribution in [0.15, 0.2) is 237 Å². The van der Waals surface area contributed by atoms with E-state index >= 15 is 0 Å². The summed E-state index contributed by atoms with van der Waals surface area (Å²) < 4.78 is 0. The fourth-order valence-electron chi connectivity index (χ4n) is 8.04. The van der Waals surface area contributed by atoms with E-state index in [1.807, 2.05) is 84.9 Å². The second-order valence-corrected chi connectivity index (χ2v) is 15.2.